The van der Waals surface area contributed by atoms with E-state index in [2.05, 4.69) is 21.2 Å². The van der Waals surface area contributed by atoms with Crippen molar-refractivity contribution in [1.82, 2.24) is 0 Å². The number of amides is 1. The number of halogens is 2. The molecule has 0 aliphatic rings. The molecule has 0 aromatic heterocycles. The highest BCUT2D eigenvalue weighted by Crippen LogP contribution is 2.22. The molecule has 0 aliphatic carbocycles. The fourth-order valence-electron chi connectivity index (χ4n) is 1.80. The molecule has 0 spiro atoms. The Labute approximate surface area is 128 Å². The van der Waals surface area contributed by atoms with Crippen LogP contribution in [0.2, 0.25) is 0 Å². The number of carbonyl (C=O) groups is 2. The van der Waals surface area contributed by atoms with Crippen LogP contribution in [-0.2, 0) is 0 Å². The van der Waals surface area contributed by atoms with E-state index in [0.29, 0.717) is 10.0 Å². The molecule has 0 atom stereocenters. The number of benzene rings is 2. The summed E-state index contributed by atoms with van der Waals surface area (Å²) in [6, 6.07) is 8.23. The van der Waals surface area contributed by atoms with Crippen LogP contribution in [0.25, 0.3) is 0 Å². The molecule has 2 aromatic rings. The third-order valence-corrected chi connectivity index (χ3v) is 3.49. The molecule has 2 rings (SSSR count). The molecule has 0 saturated heterocycles. The number of rotatable bonds is 3. The van der Waals surface area contributed by atoms with E-state index in [1.54, 1.807) is 18.2 Å². The van der Waals surface area contributed by atoms with Crippen molar-refractivity contribution >= 4 is 33.5 Å². The van der Waals surface area contributed by atoms with Gasteiger partial charge in [0, 0.05) is 4.47 Å². The first-order valence-corrected chi connectivity index (χ1v) is 6.78. The second-order valence-corrected chi connectivity index (χ2v) is 5.29. The summed E-state index contributed by atoms with van der Waals surface area (Å²) in [7, 11) is 0. The Balaban J connectivity index is 2.35. The maximum absolute atomic E-state index is 13.2. The van der Waals surface area contributed by atoms with Gasteiger partial charge < -0.3 is 10.4 Å². The number of carboxylic acids is 1. The Kier molecular flexibility index (Phi) is 4.37. The minimum absolute atomic E-state index is 0.0834. The van der Waals surface area contributed by atoms with E-state index in [1.165, 1.54) is 0 Å². The van der Waals surface area contributed by atoms with Gasteiger partial charge in [-0.15, -0.1) is 0 Å². The van der Waals surface area contributed by atoms with Crippen molar-refractivity contribution in [3.8, 4) is 0 Å². The predicted molar refractivity (Wildman–Crippen MR) is 80.2 cm³/mol. The van der Waals surface area contributed by atoms with E-state index in [-0.39, 0.29) is 11.3 Å². The highest BCUT2D eigenvalue weighted by molar-refractivity contribution is 9.10. The molecule has 0 aliphatic heterocycles. The standard InChI is InChI=1S/C15H11BrFNO3/c1-8-2-4-10(12(16)6-8)14(19)18-13-7-9(17)3-5-11(13)15(20)21/h2-7H,1H3,(H,18,19)(H,20,21). The molecular formula is C15H11BrFNO3. The van der Waals surface area contributed by atoms with Gasteiger partial charge in [0.05, 0.1) is 16.8 Å². The van der Waals surface area contributed by atoms with Crippen molar-refractivity contribution in [3.05, 3.63) is 63.4 Å². The summed E-state index contributed by atoms with van der Waals surface area (Å²) < 4.78 is 13.8. The van der Waals surface area contributed by atoms with Crippen molar-refractivity contribution in [3.63, 3.8) is 0 Å². The lowest BCUT2D eigenvalue weighted by Crippen LogP contribution is -2.15. The minimum Gasteiger partial charge on any atom is -0.478 e. The lowest BCUT2D eigenvalue weighted by Gasteiger charge is -2.10. The highest BCUT2D eigenvalue weighted by atomic mass is 79.9. The molecule has 6 heteroatoms. The van der Waals surface area contributed by atoms with E-state index in [0.717, 1.165) is 23.8 Å². The molecule has 108 valence electrons. The number of aryl methyl sites for hydroxylation is 1. The van der Waals surface area contributed by atoms with E-state index in [9.17, 15) is 14.0 Å². The van der Waals surface area contributed by atoms with Gasteiger partial charge in [-0.1, -0.05) is 6.07 Å². The molecule has 1 amide bonds. The highest BCUT2D eigenvalue weighted by Gasteiger charge is 2.16. The molecule has 2 N–H and O–H groups in total. The Morgan fingerprint density at radius 1 is 1.14 bits per heavy atom. The molecule has 0 unspecified atom stereocenters. The average Bonchev–Trinajstić information content (AvgIpc) is 2.37. The van der Waals surface area contributed by atoms with Gasteiger partial charge in [0.25, 0.3) is 5.91 Å². The molecular weight excluding hydrogens is 341 g/mol. The van der Waals surface area contributed by atoms with Gasteiger partial charge in [0.15, 0.2) is 0 Å². The molecule has 21 heavy (non-hydrogen) atoms. The van der Waals surface area contributed by atoms with Gasteiger partial charge in [-0.3, -0.25) is 4.79 Å². The van der Waals surface area contributed by atoms with Crippen LogP contribution in [0.15, 0.2) is 40.9 Å². The first kappa shape index (κ1) is 15.2. The molecule has 0 saturated carbocycles. The molecule has 0 bridgehead atoms. The Hall–Kier alpha value is -2.21. The number of hydrogen-bond acceptors (Lipinski definition) is 2. The van der Waals surface area contributed by atoms with Crippen molar-refractivity contribution in [2.24, 2.45) is 0 Å². The number of nitrogens with one attached hydrogen (secondary N) is 1. The summed E-state index contributed by atoms with van der Waals surface area (Å²) in [4.78, 5) is 23.3. The normalized spacial score (nSPS) is 10.2. The van der Waals surface area contributed by atoms with Gasteiger partial charge >= 0.3 is 5.97 Å². The monoisotopic (exact) mass is 351 g/mol. The Bertz CT molecular complexity index is 731. The number of hydrogen-bond donors (Lipinski definition) is 2. The van der Waals surface area contributed by atoms with Crippen molar-refractivity contribution in [1.29, 1.82) is 0 Å². The zero-order valence-electron chi connectivity index (χ0n) is 11.0. The van der Waals surface area contributed by atoms with Crippen LogP contribution in [0.1, 0.15) is 26.3 Å². The maximum Gasteiger partial charge on any atom is 0.337 e. The molecule has 0 heterocycles. The van der Waals surface area contributed by atoms with Gasteiger partial charge in [0.2, 0.25) is 0 Å². The predicted octanol–water partition coefficient (Wildman–Crippen LogP) is 3.85. The summed E-state index contributed by atoms with van der Waals surface area (Å²) in [6.45, 7) is 1.88. The van der Waals surface area contributed by atoms with Crippen LogP contribution in [0.4, 0.5) is 10.1 Å². The molecule has 0 fully saturated rings. The van der Waals surface area contributed by atoms with Crippen molar-refractivity contribution in [2.75, 3.05) is 5.32 Å². The van der Waals surface area contributed by atoms with E-state index >= 15 is 0 Å². The molecule has 2 aromatic carbocycles. The van der Waals surface area contributed by atoms with Crippen LogP contribution in [0, 0.1) is 12.7 Å². The third kappa shape index (κ3) is 3.46. The Morgan fingerprint density at radius 3 is 2.43 bits per heavy atom. The largest absolute Gasteiger partial charge is 0.478 e. The maximum atomic E-state index is 13.2. The van der Waals surface area contributed by atoms with Gasteiger partial charge in [-0.25, -0.2) is 9.18 Å². The van der Waals surface area contributed by atoms with E-state index < -0.39 is 17.7 Å². The van der Waals surface area contributed by atoms with Crippen LogP contribution in [0.5, 0.6) is 0 Å². The second-order valence-electron chi connectivity index (χ2n) is 4.43. The first-order chi connectivity index (χ1) is 9.88. The lowest BCUT2D eigenvalue weighted by molar-refractivity contribution is 0.0698. The third-order valence-electron chi connectivity index (χ3n) is 2.83. The minimum atomic E-state index is -1.24. The van der Waals surface area contributed by atoms with Crippen LogP contribution in [0.3, 0.4) is 0 Å². The lowest BCUT2D eigenvalue weighted by atomic mass is 10.1. The van der Waals surface area contributed by atoms with Gasteiger partial charge in [-0.05, 0) is 58.7 Å². The van der Waals surface area contributed by atoms with Crippen LogP contribution >= 0.6 is 15.9 Å². The number of carbonyl (C=O) groups excluding carboxylic acids is 1. The second kappa shape index (κ2) is 6.05. The number of aromatic carboxylic acids is 1. The van der Waals surface area contributed by atoms with Gasteiger partial charge in [-0.2, -0.15) is 0 Å². The quantitative estimate of drug-likeness (QED) is 0.882. The fourth-order valence-corrected chi connectivity index (χ4v) is 2.47. The molecule has 4 nitrogen and oxygen atoms in total. The molecule has 0 radical (unpaired) electrons. The van der Waals surface area contributed by atoms with Crippen LogP contribution < -0.4 is 5.32 Å². The summed E-state index contributed by atoms with van der Waals surface area (Å²) in [5.41, 5.74) is 1.05. The van der Waals surface area contributed by atoms with Crippen molar-refractivity contribution < 1.29 is 19.1 Å². The fraction of sp³-hybridized carbons (Fsp3) is 0.0667. The van der Waals surface area contributed by atoms with E-state index in [4.69, 9.17) is 5.11 Å². The number of anilines is 1. The first-order valence-electron chi connectivity index (χ1n) is 5.99. The SMILES string of the molecule is Cc1ccc(C(=O)Nc2cc(F)ccc2C(=O)O)c(Br)c1. The van der Waals surface area contributed by atoms with Gasteiger partial charge in [0.1, 0.15) is 5.82 Å². The zero-order chi connectivity index (χ0) is 15.6. The summed E-state index contributed by atoms with van der Waals surface area (Å²) in [6.07, 6.45) is 0. The van der Waals surface area contributed by atoms with Crippen LogP contribution in [-0.4, -0.2) is 17.0 Å². The Morgan fingerprint density at radius 2 is 1.81 bits per heavy atom. The summed E-state index contributed by atoms with van der Waals surface area (Å²) >= 11 is 3.27. The summed E-state index contributed by atoms with van der Waals surface area (Å²) in [5, 5.41) is 11.5. The zero-order valence-corrected chi connectivity index (χ0v) is 12.6. The smallest absolute Gasteiger partial charge is 0.337 e. The summed E-state index contributed by atoms with van der Waals surface area (Å²) in [5.74, 6) is -2.39. The number of carboxylic acid groups (broad SMARTS) is 1. The van der Waals surface area contributed by atoms with Crippen molar-refractivity contribution in [2.45, 2.75) is 6.92 Å². The topological polar surface area (TPSA) is 66.4 Å². The average molecular weight is 352 g/mol. The van der Waals surface area contributed by atoms with E-state index in [1.807, 2.05) is 6.92 Å².